The number of hydrogen-bond acceptors (Lipinski definition) is 10. The maximum absolute atomic E-state index is 16.1. The van der Waals surface area contributed by atoms with Crippen molar-refractivity contribution in [2.24, 2.45) is 0 Å². The molecular formula is C31H32F4N8O5. The van der Waals surface area contributed by atoms with Gasteiger partial charge in [-0.05, 0) is 68.5 Å². The number of alkyl halides is 3. The van der Waals surface area contributed by atoms with Gasteiger partial charge in [0, 0.05) is 36.5 Å². The quantitative estimate of drug-likeness (QED) is 0.165. The molecule has 0 bridgehead atoms. The summed E-state index contributed by atoms with van der Waals surface area (Å²) in [4.78, 5) is 35.1. The first-order valence-electron chi connectivity index (χ1n) is 14.4. The summed E-state index contributed by atoms with van der Waals surface area (Å²) >= 11 is 0. The van der Waals surface area contributed by atoms with Crippen molar-refractivity contribution in [3.8, 4) is 23.0 Å². The van der Waals surface area contributed by atoms with E-state index in [-0.39, 0.29) is 17.1 Å². The lowest BCUT2D eigenvalue weighted by atomic mass is 10.00. The number of ether oxygens (including phenoxy) is 1. The molecule has 5 aromatic rings. The number of nitrogens with one attached hydrogen (secondary N) is 2. The van der Waals surface area contributed by atoms with Crippen LogP contribution in [-0.2, 0) is 11.2 Å². The number of hydrogen-bond donors (Lipinski definition) is 3. The number of anilines is 1. The summed E-state index contributed by atoms with van der Waals surface area (Å²) in [6.07, 6.45) is -2.86. The predicted molar refractivity (Wildman–Crippen MR) is 165 cm³/mol. The van der Waals surface area contributed by atoms with Crippen LogP contribution in [0.3, 0.4) is 0 Å². The number of carbonyl (C=O) groups is 1. The number of aromatic amines is 1. The minimum Gasteiger partial charge on any atom is -0.489 e. The molecule has 0 amide bonds. The Labute approximate surface area is 271 Å². The first-order chi connectivity index (χ1) is 22.8. The number of pyridine rings is 1. The zero-order valence-corrected chi connectivity index (χ0v) is 26.2. The van der Waals surface area contributed by atoms with E-state index >= 15 is 4.39 Å². The standard InChI is InChI=1S/C29H31FN8O3.C2HF3O2/c1-5-19-16-22(25(30)23(17-19)40-15-14-37(3)4)26(28-34-29(39)38(35-28)24-8-6-7-13-31-24)33-21-11-9-20(10-12-21)27-32-18(2)41-36-27;3-2(4,5)1(6)7/h6-13,16-17,26,33H,5,14-15H2,1-4H3,(H,34,35,39);(H,6,7). The fraction of sp³-hybridized carbons (Fsp3) is 0.290. The molecule has 13 nitrogen and oxygen atoms in total. The van der Waals surface area contributed by atoms with Gasteiger partial charge in [-0.15, -0.1) is 5.10 Å². The van der Waals surface area contributed by atoms with Crippen molar-refractivity contribution in [3.05, 3.63) is 99.9 Å². The van der Waals surface area contributed by atoms with Crippen molar-refractivity contribution in [1.29, 1.82) is 0 Å². The number of carboxylic acid groups (broad SMARTS) is 1. The van der Waals surface area contributed by atoms with E-state index < -0.39 is 29.7 Å². The Bertz CT molecular complexity index is 1870. The number of rotatable bonds is 11. The van der Waals surface area contributed by atoms with E-state index in [0.717, 1.165) is 15.8 Å². The van der Waals surface area contributed by atoms with E-state index in [1.54, 1.807) is 43.5 Å². The first kappa shape index (κ1) is 35.3. The average Bonchev–Trinajstić information content (AvgIpc) is 3.66. The molecule has 2 aromatic carbocycles. The van der Waals surface area contributed by atoms with Gasteiger partial charge < -0.3 is 24.6 Å². The number of nitrogens with zero attached hydrogens (tertiary/aromatic N) is 6. The number of aromatic nitrogens is 6. The Balaban J connectivity index is 0.000000671. The molecule has 0 saturated carbocycles. The molecule has 1 unspecified atom stereocenters. The Morgan fingerprint density at radius 3 is 2.44 bits per heavy atom. The maximum atomic E-state index is 16.1. The van der Waals surface area contributed by atoms with Crippen molar-refractivity contribution in [2.45, 2.75) is 32.5 Å². The zero-order chi connectivity index (χ0) is 35.0. The molecule has 5 rings (SSSR count). The summed E-state index contributed by atoms with van der Waals surface area (Å²) in [6, 6.07) is 15.1. The van der Waals surface area contributed by atoms with E-state index in [1.165, 1.54) is 0 Å². The van der Waals surface area contributed by atoms with Gasteiger partial charge in [-0.3, -0.25) is 4.98 Å². The molecule has 0 aliphatic carbocycles. The monoisotopic (exact) mass is 672 g/mol. The van der Waals surface area contributed by atoms with Gasteiger partial charge in [0.25, 0.3) is 0 Å². The van der Waals surface area contributed by atoms with Crippen molar-refractivity contribution in [2.75, 3.05) is 32.6 Å². The van der Waals surface area contributed by atoms with Gasteiger partial charge >= 0.3 is 17.8 Å². The number of likely N-dealkylation sites (N-methyl/N-ethyl adjacent to an activating group) is 1. The Kier molecular flexibility index (Phi) is 11.3. The Hall–Kier alpha value is -5.58. The Morgan fingerprint density at radius 2 is 1.88 bits per heavy atom. The molecule has 0 fully saturated rings. The lowest BCUT2D eigenvalue weighted by molar-refractivity contribution is -0.192. The molecule has 0 radical (unpaired) electrons. The lowest BCUT2D eigenvalue weighted by Gasteiger charge is -2.21. The smallest absolute Gasteiger partial charge is 0.489 e. The normalized spacial score (nSPS) is 11.9. The van der Waals surface area contributed by atoms with Crippen LogP contribution < -0.4 is 15.7 Å². The van der Waals surface area contributed by atoms with Crippen LogP contribution in [0.4, 0.5) is 23.2 Å². The third kappa shape index (κ3) is 9.03. The number of benzene rings is 2. The number of aliphatic carboxylic acids is 1. The highest BCUT2D eigenvalue weighted by Gasteiger charge is 2.38. The third-order valence-corrected chi connectivity index (χ3v) is 6.64. The molecule has 254 valence electrons. The summed E-state index contributed by atoms with van der Waals surface area (Å²) < 4.78 is 60.0. The van der Waals surface area contributed by atoms with Crippen LogP contribution >= 0.6 is 0 Å². The summed E-state index contributed by atoms with van der Waals surface area (Å²) in [5.41, 5.74) is 2.07. The van der Waals surface area contributed by atoms with Gasteiger partial charge in [0.2, 0.25) is 11.7 Å². The minimum atomic E-state index is -5.08. The second-order valence-corrected chi connectivity index (χ2v) is 10.5. The molecular weight excluding hydrogens is 640 g/mol. The first-order valence-corrected chi connectivity index (χ1v) is 14.4. The van der Waals surface area contributed by atoms with E-state index in [9.17, 15) is 18.0 Å². The second-order valence-electron chi connectivity index (χ2n) is 10.5. The molecule has 0 spiro atoms. The van der Waals surface area contributed by atoms with E-state index in [4.69, 9.17) is 19.2 Å². The van der Waals surface area contributed by atoms with Crippen molar-refractivity contribution >= 4 is 11.7 Å². The molecule has 1 atom stereocenters. The molecule has 17 heteroatoms. The minimum absolute atomic E-state index is 0.141. The van der Waals surface area contributed by atoms with Gasteiger partial charge in [-0.25, -0.2) is 19.0 Å². The topological polar surface area (TPSA) is 164 Å². The van der Waals surface area contributed by atoms with Gasteiger partial charge in [-0.1, -0.05) is 24.2 Å². The number of carboxylic acids is 1. The summed E-state index contributed by atoms with van der Waals surface area (Å²) in [5, 5.41) is 18.9. The van der Waals surface area contributed by atoms with Crippen LogP contribution in [-0.4, -0.2) is 79.3 Å². The summed E-state index contributed by atoms with van der Waals surface area (Å²) in [5.74, 6) is -1.67. The highest BCUT2D eigenvalue weighted by Crippen LogP contribution is 2.33. The molecule has 48 heavy (non-hydrogen) atoms. The van der Waals surface area contributed by atoms with Crippen molar-refractivity contribution in [1.82, 2.24) is 34.8 Å². The van der Waals surface area contributed by atoms with Crippen LogP contribution in [0.2, 0.25) is 0 Å². The molecule has 3 N–H and O–H groups in total. The SMILES string of the molecule is CCc1cc(OCCN(C)C)c(F)c(C(Nc2ccc(-c3noc(C)n3)cc2)c2nn(-c3ccccn3)c(=O)[nH]2)c1.O=C(O)C(F)(F)F. The largest absolute Gasteiger partial charge is 0.490 e. The number of H-pyrrole nitrogens is 1. The van der Waals surface area contributed by atoms with Gasteiger partial charge in [0.1, 0.15) is 12.6 Å². The van der Waals surface area contributed by atoms with E-state index in [0.29, 0.717) is 42.8 Å². The number of halogens is 4. The van der Waals surface area contributed by atoms with Gasteiger partial charge in [-0.2, -0.15) is 22.8 Å². The molecule has 3 aromatic heterocycles. The van der Waals surface area contributed by atoms with Crippen LogP contribution in [0.15, 0.2) is 70.1 Å². The van der Waals surface area contributed by atoms with Gasteiger partial charge in [0.15, 0.2) is 23.2 Å². The number of aryl methyl sites for hydroxylation is 2. The average molecular weight is 673 g/mol. The van der Waals surface area contributed by atoms with Crippen LogP contribution in [0, 0.1) is 12.7 Å². The highest BCUT2D eigenvalue weighted by molar-refractivity contribution is 5.73. The third-order valence-electron chi connectivity index (χ3n) is 6.64. The highest BCUT2D eigenvalue weighted by atomic mass is 19.4. The summed E-state index contributed by atoms with van der Waals surface area (Å²) in [6.45, 7) is 4.65. The van der Waals surface area contributed by atoms with Gasteiger partial charge in [0.05, 0.1) is 0 Å². The van der Waals surface area contributed by atoms with Crippen LogP contribution in [0.25, 0.3) is 17.2 Å². The van der Waals surface area contributed by atoms with Crippen LogP contribution in [0.5, 0.6) is 5.75 Å². The second kappa shape index (κ2) is 15.3. The Morgan fingerprint density at radius 1 is 1.17 bits per heavy atom. The summed E-state index contributed by atoms with van der Waals surface area (Å²) in [7, 11) is 3.85. The molecule has 0 aliphatic rings. The zero-order valence-electron chi connectivity index (χ0n) is 26.2. The van der Waals surface area contributed by atoms with Crippen LogP contribution in [0.1, 0.15) is 35.8 Å². The van der Waals surface area contributed by atoms with Crippen molar-refractivity contribution in [3.63, 3.8) is 0 Å². The van der Waals surface area contributed by atoms with Crippen molar-refractivity contribution < 1.29 is 36.7 Å². The predicted octanol–water partition coefficient (Wildman–Crippen LogP) is 4.79. The maximum Gasteiger partial charge on any atom is 0.490 e. The van der Waals surface area contributed by atoms with E-state index in [1.807, 2.05) is 50.2 Å². The molecule has 0 aliphatic heterocycles. The molecule has 3 heterocycles. The van der Waals surface area contributed by atoms with E-state index in [2.05, 4.69) is 30.5 Å². The lowest BCUT2D eigenvalue weighted by Crippen LogP contribution is -2.21. The fourth-order valence-corrected chi connectivity index (χ4v) is 4.23. The fourth-order valence-electron chi connectivity index (χ4n) is 4.23. The molecule has 0 saturated heterocycles.